The van der Waals surface area contributed by atoms with Gasteiger partial charge in [0.05, 0.1) is 12.0 Å². The highest BCUT2D eigenvalue weighted by Gasteiger charge is 2.41. The molecule has 0 aromatic heterocycles. The van der Waals surface area contributed by atoms with Crippen LogP contribution in [-0.2, 0) is 30.3 Å². The molecule has 0 bridgehead atoms. The minimum Gasteiger partial charge on any atom is -0.460 e. The van der Waals surface area contributed by atoms with Crippen molar-refractivity contribution in [1.82, 2.24) is 10.2 Å². The van der Waals surface area contributed by atoms with Crippen molar-refractivity contribution in [1.29, 1.82) is 0 Å². The number of Topliss-reactive ketones (excluding diaryl/α,β-unsaturated/α-hetero) is 1. The predicted octanol–water partition coefficient (Wildman–Crippen LogP) is 2.80. The van der Waals surface area contributed by atoms with Crippen molar-refractivity contribution < 1.29 is 29.0 Å². The highest BCUT2D eigenvalue weighted by Crippen LogP contribution is 2.27. The molecule has 8 nitrogen and oxygen atoms in total. The number of aliphatic hydroxyl groups is 1. The Bertz CT molecular complexity index is 920. The number of ether oxygens (including phenoxy) is 1. The highest BCUT2D eigenvalue weighted by molar-refractivity contribution is 5.92. The second-order valence-corrected chi connectivity index (χ2v) is 10.4. The Labute approximate surface area is 213 Å². The number of aliphatic hydroxyl groups excluding tert-OH is 1. The number of benzene rings is 1. The Balaban J connectivity index is 1.81. The standard InChI is InChI=1S/C28H40N2O6/c1-18(10-7-8-11-19(2)31)25-17-24(32)20(3)26(33)29-22(16-21-12-5-4-6-13-21)27(34)30-15-9-14-23(30)28(35)36-25/h4-6,12-13,18,20,22-25,32H,7-11,14-17H2,1-3H3,(H,29,33)/t18-,20+,22-,23+,24-,25-/m1/s1. The van der Waals surface area contributed by atoms with E-state index in [1.165, 1.54) is 0 Å². The van der Waals surface area contributed by atoms with E-state index >= 15 is 0 Å². The number of rotatable bonds is 8. The number of carbonyl (C=O) groups is 4. The van der Waals surface area contributed by atoms with Crippen LogP contribution in [-0.4, -0.2) is 64.4 Å². The number of fused-ring (bicyclic) bond motifs is 1. The topological polar surface area (TPSA) is 113 Å². The molecule has 36 heavy (non-hydrogen) atoms. The van der Waals surface area contributed by atoms with Crippen molar-refractivity contribution in [3.8, 4) is 0 Å². The van der Waals surface area contributed by atoms with Crippen molar-refractivity contribution in [3.05, 3.63) is 35.9 Å². The fraction of sp³-hybridized carbons (Fsp3) is 0.643. The summed E-state index contributed by atoms with van der Waals surface area (Å²) >= 11 is 0. The van der Waals surface area contributed by atoms with E-state index in [0.29, 0.717) is 32.2 Å². The van der Waals surface area contributed by atoms with E-state index in [9.17, 15) is 24.3 Å². The van der Waals surface area contributed by atoms with Crippen LogP contribution in [0.1, 0.15) is 71.3 Å². The largest absolute Gasteiger partial charge is 0.460 e. The van der Waals surface area contributed by atoms with Crippen LogP contribution in [0.15, 0.2) is 30.3 Å². The highest BCUT2D eigenvalue weighted by atomic mass is 16.5. The number of nitrogens with one attached hydrogen (secondary N) is 1. The first-order chi connectivity index (χ1) is 17.2. The van der Waals surface area contributed by atoms with Crippen LogP contribution in [0.5, 0.6) is 0 Å². The molecule has 1 aromatic carbocycles. The lowest BCUT2D eigenvalue weighted by Gasteiger charge is -2.34. The summed E-state index contributed by atoms with van der Waals surface area (Å²) in [5.41, 5.74) is 0.897. The first-order valence-electron chi connectivity index (χ1n) is 13.2. The fourth-order valence-corrected chi connectivity index (χ4v) is 5.10. The van der Waals surface area contributed by atoms with E-state index in [1.54, 1.807) is 18.7 Å². The summed E-state index contributed by atoms with van der Waals surface area (Å²) in [7, 11) is 0. The zero-order valence-electron chi connectivity index (χ0n) is 21.7. The summed E-state index contributed by atoms with van der Waals surface area (Å²) in [5.74, 6) is -1.85. The minimum absolute atomic E-state index is 0.0647. The van der Waals surface area contributed by atoms with Crippen LogP contribution in [0, 0.1) is 11.8 Å². The van der Waals surface area contributed by atoms with Crippen molar-refractivity contribution >= 4 is 23.6 Å². The number of ketones is 1. The lowest BCUT2D eigenvalue weighted by Crippen LogP contribution is -2.55. The van der Waals surface area contributed by atoms with Gasteiger partial charge in [0.1, 0.15) is 24.0 Å². The average Bonchev–Trinajstić information content (AvgIpc) is 3.34. The Morgan fingerprint density at radius 3 is 2.61 bits per heavy atom. The van der Waals surface area contributed by atoms with Crippen LogP contribution in [0.2, 0.25) is 0 Å². The molecule has 198 valence electrons. The van der Waals surface area contributed by atoms with E-state index in [0.717, 1.165) is 24.8 Å². The predicted molar refractivity (Wildman–Crippen MR) is 135 cm³/mol. The van der Waals surface area contributed by atoms with Gasteiger partial charge >= 0.3 is 5.97 Å². The summed E-state index contributed by atoms with van der Waals surface area (Å²) in [6, 6.07) is 7.89. The Kier molecular flexibility index (Phi) is 10.0. The molecule has 1 aromatic rings. The van der Waals surface area contributed by atoms with Gasteiger partial charge in [0.25, 0.3) is 0 Å². The van der Waals surface area contributed by atoms with Gasteiger partial charge in [-0.2, -0.15) is 0 Å². The number of cyclic esters (lactones) is 1. The van der Waals surface area contributed by atoms with Crippen molar-refractivity contribution in [2.45, 2.75) is 96.4 Å². The summed E-state index contributed by atoms with van der Waals surface area (Å²) in [4.78, 5) is 52.8. The first kappa shape index (κ1) is 27.8. The number of carbonyl (C=O) groups excluding carboxylic acids is 4. The first-order valence-corrected chi connectivity index (χ1v) is 13.2. The lowest BCUT2D eigenvalue weighted by atomic mass is 9.89. The van der Waals surface area contributed by atoms with Gasteiger partial charge in [0.2, 0.25) is 11.8 Å². The van der Waals surface area contributed by atoms with E-state index in [-0.39, 0.29) is 24.0 Å². The molecule has 0 saturated carbocycles. The van der Waals surface area contributed by atoms with Crippen LogP contribution >= 0.6 is 0 Å². The Hall–Kier alpha value is -2.74. The van der Waals surface area contributed by atoms with Gasteiger partial charge in [0, 0.05) is 25.8 Å². The molecule has 8 heteroatoms. The number of hydrogen-bond donors (Lipinski definition) is 2. The average molecular weight is 501 g/mol. The third-order valence-corrected chi connectivity index (χ3v) is 7.51. The molecule has 2 N–H and O–H groups in total. The lowest BCUT2D eigenvalue weighted by molar-refractivity contribution is -0.163. The maximum atomic E-state index is 13.6. The molecule has 2 fully saturated rings. The van der Waals surface area contributed by atoms with Crippen molar-refractivity contribution in [2.24, 2.45) is 11.8 Å². The van der Waals surface area contributed by atoms with E-state index < -0.39 is 42.1 Å². The Morgan fingerprint density at radius 2 is 1.92 bits per heavy atom. The third-order valence-electron chi connectivity index (χ3n) is 7.51. The van der Waals surface area contributed by atoms with Gasteiger partial charge in [-0.3, -0.25) is 9.59 Å². The normalized spacial score (nSPS) is 28.4. The zero-order valence-corrected chi connectivity index (χ0v) is 21.7. The quantitative estimate of drug-likeness (QED) is 0.419. The third kappa shape index (κ3) is 7.38. The molecule has 2 amide bonds. The number of amides is 2. The zero-order chi connectivity index (χ0) is 26.2. The molecular formula is C28H40N2O6. The molecule has 0 unspecified atom stereocenters. The summed E-state index contributed by atoms with van der Waals surface area (Å²) < 4.78 is 5.94. The number of nitrogens with zero attached hydrogens (tertiary/aromatic N) is 1. The molecular weight excluding hydrogens is 460 g/mol. The van der Waals surface area contributed by atoms with Gasteiger partial charge in [-0.15, -0.1) is 0 Å². The van der Waals surface area contributed by atoms with Crippen LogP contribution in [0.25, 0.3) is 0 Å². The van der Waals surface area contributed by atoms with Gasteiger partial charge in [-0.25, -0.2) is 4.79 Å². The molecule has 2 aliphatic heterocycles. The van der Waals surface area contributed by atoms with Crippen LogP contribution in [0.4, 0.5) is 0 Å². The molecule has 3 rings (SSSR count). The summed E-state index contributed by atoms with van der Waals surface area (Å²) in [6.45, 7) is 5.59. The van der Waals surface area contributed by atoms with E-state index in [1.807, 2.05) is 37.3 Å². The molecule has 6 atom stereocenters. The van der Waals surface area contributed by atoms with Gasteiger partial charge in [-0.05, 0) is 44.1 Å². The molecule has 0 spiro atoms. The van der Waals surface area contributed by atoms with Crippen molar-refractivity contribution in [3.63, 3.8) is 0 Å². The maximum absolute atomic E-state index is 13.6. The summed E-state index contributed by atoms with van der Waals surface area (Å²) in [5, 5.41) is 13.8. The van der Waals surface area contributed by atoms with E-state index in [4.69, 9.17) is 4.74 Å². The smallest absolute Gasteiger partial charge is 0.329 e. The van der Waals surface area contributed by atoms with Gasteiger partial charge in [-0.1, -0.05) is 50.6 Å². The molecule has 0 aliphatic carbocycles. The van der Waals surface area contributed by atoms with Crippen LogP contribution < -0.4 is 5.32 Å². The molecule has 2 heterocycles. The molecule has 0 radical (unpaired) electrons. The monoisotopic (exact) mass is 500 g/mol. The Morgan fingerprint density at radius 1 is 1.19 bits per heavy atom. The maximum Gasteiger partial charge on any atom is 0.329 e. The number of esters is 1. The minimum atomic E-state index is -1.03. The second-order valence-electron chi connectivity index (χ2n) is 10.4. The SMILES string of the molecule is CC(=O)CCCC[C@@H](C)[C@H]1C[C@@H](O)[C@H](C)C(=O)N[C@H](Cc2ccccc2)C(=O)N2CCC[C@H]2C(=O)O1. The van der Waals surface area contributed by atoms with Gasteiger partial charge < -0.3 is 24.9 Å². The molecule has 2 aliphatic rings. The van der Waals surface area contributed by atoms with E-state index in [2.05, 4.69) is 5.32 Å². The number of hydrogen-bond acceptors (Lipinski definition) is 6. The van der Waals surface area contributed by atoms with Crippen LogP contribution in [0.3, 0.4) is 0 Å². The van der Waals surface area contributed by atoms with Crippen molar-refractivity contribution in [2.75, 3.05) is 6.54 Å². The second kappa shape index (κ2) is 13.0. The summed E-state index contributed by atoms with van der Waals surface area (Å²) in [6.07, 6.45) is 2.81. The molecule has 2 saturated heterocycles. The fourth-order valence-electron chi connectivity index (χ4n) is 5.10. The van der Waals surface area contributed by atoms with Gasteiger partial charge in [0.15, 0.2) is 0 Å². The number of unbranched alkanes of at least 4 members (excludes halogenated alkanes) is 1.